The van der Waals surface area contributed by atoms with Crippen molar-refractivity contribution >= 4 is 30.0 Å². The van der Waals surface area contributed by atoms with E-state index in [-0.39, 0.29) is 0 Å². The SMILES string of the molecule is C1=C\C=C/Nc2ccccc2\C=N/C=C\C=C/C=C\N=C/c2ccccc2/N=C\C=C/1. The van der Waals surface area contributed by atoms with E-state index < -0.39 is 0 Å². The predicted octanol–water partition coefficient (Wildman–Crippen LogP) is 6.56. The molecule has 1 N–H and O–H groups in total. The van der Waals surface area contributed by atoms with E-state index in [0.717, 1.165) is 22.5 Å². The van der Waals surface area contributed by atoms with Gasteiger partial charge in [-0.3, -0.25) is 15.0 Å². The molecule has 0 aromatic heterocycles. The first-order valence-corrected chi connectivity index (χ1v) is 9.95. The third-order valence-electron chi connectivity index (χ3n) is 4.08. The van der Waals surface area contributed by atoms with Crippen LogP contribution in [-0.4, -0.2) is 18.6 Å². The Balaban J connectivity index is 1.80. The molecule has 0 amide bonds. The summed E-state index contributed by atoms with van der Waals surface area (Å²) in [5.41, 5.74) is 3.82. The zero-order valence-electron chi connectivity index (χ0n) is 17.1. The van der Waals surface area contributed by atoms with Crippen molar-refractivity contribution in [3.63, 3.8) is 0 Å². The summed E-state index contributed by atoms with van der Waals surface area (Å²) in [5.74, 6) is 0. The number of hydrogen-bond acceptors (Lipinski definition) is 4. The molecule has 0 radical (unpaired) electrons. The molecule has 0 unspecified atom stereocenters. The zero-order valence-corrected chi connectivity index (χ0v) is 17.1. The van der Waals surface area contributed by atoms with Crippen LogP contribution in [0.25, 0.3) is 0 Å². The van der Waals surface area contributed by atoms with Crippen LogP contribution < -0.4 is 5.32 Å². The normalized spacial score (nSPS) is 23.5. The Bertz CT molecular complexity index is 1110. The number of fused-ring (bicyclic) bond motifs is 2. The number of anilines is 1. The summed E-state index contributed by atoms with van der Waals surface area (Å²) in [6.07, 6.45) is 28.0. The van der Waals surface area contributed by atoms with Gasteiger partial charge in [-0.05, 0) is 36.4 Å². The van der Waals surface area contributed by atoms with Crippen molar-refractivity contribution in [1.29, 1.82) is 0 Å². The molecular weight excluding hydrogens is 380 g/mol. The number of hydrogen-bond donors (Lipinski definition) is 1. The van der Waals surface area contributed by atoms with Crippen LogP contribution in [0.4, 0.5) is 11.4 Å². The van der Waals surface area contributed by atoms with Gasteiger partial charge < -0.3 is 5.32 Å². The molecule has 1 aliphatic rings. The number of allylic oxidation sites excluding steroid dienone is 9. The second-order valence-corrected chi connectivity index (χ2v) is 6.32. The van der Waals surface area contributed by atoms with E-state index in [1.54, 1.807) is 24.8 Å². The topological polar surface area (TPSA) is 49.1 Å². The molecule has 0 spiro atoms. The van der Waals surface area contributed by atoms with Gasteiger partial charge in [-0.15, -0.1) is 0 Å². The Kier molecular flexibility index (Phi) is 8.98. The van der Waals surface area contributed by atoms with E-state index in [1.165, 1.54) is 0 Å². The molecular formula is C27H24N4. The molecule has 1 heterocycles. The highest BCUT2D eigenvalue weighted by Crippen LogP contribution is 2.16. The van der Waals surface area contributed by atoms with Crippen molar-refractivity contribution in [1.82, 2.24) is 0 Å². The summed E-state index contributed by atoms with van der Waals surface area (Å²) in [5, 5.41) is 3.28. The molecule has 0 bridgehead atoms. The molecule has 0 atom stereocenters. The first-order chi connectivity index (χ1) is 15.4. The molecule has 0 saturated carbocycles. The highest BCUT2D eigenvalue weighted by Gasteiger charge is 1.95. The molecule has 0 saturated heterocycles. The van der Waals surface area contributed by atoms with Crippen LogP contribution in [-0.2, 0) is 0 Å². The maximum absolute atomic E-state index is 4.51. The number of aliphatic imine (C=N–C) groups is 3. The lowest BCUT2D eigenvalue weighted by atomic mass is 10.2. The Morgan fingerprint density at radius 3 is 2.00 bits per heavy atom. The highest BCUT2D eigenvalue weighted by molar-refractivity contribution is 5.89. The molecule has 1 aliphatic heterocycles. The first-order valence-electron chi connectivity index (χ1n) is 9.95. The maximum Gasteiger partial charge on any atom is 0.0717 e. The summed E-state index contributed by atoms with van der Waals surface area (Å²) < 4.78 is 0. The van der Waals surface area contributed by atoms with Gasteiger partial charge >= 0.3 is 0 Å². The van der Waals surface area contributed by atoms with E-state index >= 15 is 0 Å². The van der Waals surface area contributed by atoms with Crippen LogP contribution >= 0.6 is 0 Å². The average Bonchev–Trinajstić information content (AvgIpc) is 2.80. The van der Waals surface area contributed by atoms with Gasteiger partial charge in [-0.25, -0.2) is 0 Å². The Labute approximate surface area is 183 Å². The van der Waals surface area contributed by atoms with Crippen LogP contribution in [0.5, 0.6) is 0 Å². The minimum Gasteiger partial charge on any atom is -0.361 e. The molecule has 4 nitrogen and oxygen atoms in total. The fourth-order valence-electron chi connectivity index (χ4n) is 2.59. The molecule has 2 aromatic carbocycles. The van der Waals surface area contributed by atoms with Gasteiger partial charge in [0.1, 0.15) is 0 Å². The van der Waals surface area contributed by atoms with Crippen molar-refractivity contribution in [2.24, 2.45) is 15.0 Å². The van der Waals surface area contributed by atoms with Crippen molar-refractivity contribution in [2.75, 3.05) is 5.32 Å². The fraction of sp³-hybridized carbons (Fsp3) is 0. The molecule has 152 valence electrons. The van der Waals surface area contributed by atoms with Crippen LogP contribution in [0.2, 0.25) is 0 Å². The summed E-state index contributed by atoms with van der Waals surface area (Å²) in [4.78, 5) is 13.2. The largest absolute Gasteiger partial charge is 0.361 e. The molecule has 4 heteroatoms. The zero-order chi connectivity index (χ0) is 21.4. The molecule has 31 heavy (non-hydrogen) atoms. The highest BCUT2D eigenvalue weighted by atomic mass is 14.8. The van der Waals surface area contributed by atoms with Crippen molar-refractivity contribution in [3.05, 3.63) is 133 Å². The van der Waals surface area contributed by atoms with Crippen molar-refractivity contribution in [2.45, 2.75) is 0 Å². The van der Waals surface area contributed by atoms with E-state index in [1.807, 2.05) is 116 Å². The number of para-hydroxylation sites is 2. The minimum absolute atomic E-state index is 0.866. The van der Waals surface area contributed by atoms with Crippen LogP contribution in [0.15, 0.2) is 137 Å². The Morgan fingerprint density at radius 2 is 1.16 bits per heavy atom. The van der Waals surface area contributed by atoms with Gasteiger partial charge in [0.05, 0.1) is 5.69 Å². The Morgan fingerprint density at radius 1 is 0.548 bits per heavy atom. The standard InChI is InChI=1S/C27H24N4/c1-2-12-20-30-26-16-8-6-14-24(26)22-28-18-10-4-5-11-19-29-23-25-15-7-9-17-27(25)31-21-13-3-1/h1-23,30H/b2-1-,5-4-,13-3-,18-10-,19-11-,20-12-,28-22-,29-23-,31-21-. The first kappa shape index (κ1) is 21.4. The quantitative estimate of drug-likeness (QED) is 0.531. The van der Waals surface area contributed by atoms with Gasteiger partial charge in [0.2, 0.25) is 0 Å². The summed E-state index contributed by atoms with van der Waals surface area (Å²) in [7, 11) is 0. The second kappa shape index (κ2) is 13.0. The van der Waals surface area contributed by atoms with E-state index in [0.29, 0.717) is 0 Å². The summed E-state index contributed by atoms with van der Waals surface area (Å²) in [6, 6.07) is 15.9. The lowest BCUT2D eigenvalue weighted by molar-refractivity contribution is 1.50. The third-order valence-corrected chi connectivity index (χ3v) is 4.08. The lowest BCUT2D eigenvalue weighted by Gasteiger charge is -2.03. The van der Waals surface area contributed by atoms with Gasteiger partial charge in [-0.2, -0.15) is 0 Å². The van der Waals surface area contributed by atoms with Crippen LogP contribution in [0.1, 0.15) is 11.1 Å². The predicted molar refractivity (Wildman–Crippen MR) is 135 cm³/mol. The number of benzene rings is 2. The Hall–Kier alpha value is -4.31. The fourth-order valence-corrected chi connectivity index (χ4v) is 2.59. The summed E-state index contributed by atoms with van der Waals surface area (Å²) in [6.45, 7) is 0. The van der Waals surface area contributed by atoms with Gasteiger partial charge in [-0.1, -0.05) is 66.8 Å². The molecule has 0 fully saturated rings. The number of nitrogens with one attached hydrogen (secondary N) is 1. The maximum atomic E-state index is 4.51. The van der Waals surface area contributed by atoms with E-state index in [4.69, 9.17) is 0 Å². The lowest BCUT2D eigenvalue weighted by Crippen LogP contribution is -1.92. The van der Waals surface area contributed by atoms with E-state index in [2.05, 4.69) is 20.3 Å². The molecule has 0 aliphatic carbocycles. The van der Waals surface area contributed by atoms with Gasteiger partial charge in [0.15, 0.2) is 0 Å². The van der Waals surface area contributed by atoms with Gasteiger partial charge in [0.25, 0.3) is 0 Å². The monoisotopic (exact) mass is 404 g/mol. The second-order valence-electron chi connectivity index (χ2n) is 6.32. The number of rotatable bonds is 0. The summed E-state index contributed by atoms with van der Waals surface area (Å²) >= 11 is 0. The van der Waals surface area contributed by atoms with Crippen LogP contribution in [0.3, 0.4) is 0 Å². The number of nitrogens with zero attached hydrogens (tertiary/aromatic N) is 3. The van der Waals surface area contributed by atoms with Crippen LogP contribution in [0, 0.1) is 0 Å². The third kappa shape index (κ3) is 7.91. The molecule has 2 aromatic rings. The van der Waals surface area contributed by atoms with Crippen molar-refractivity contribution < 1.29 is 0 Å². The minimum atomic E-state index is 0.866. The molecule has 3 rings (SSSR count). The van der Waals surface area contributed by atoms with E-state index in [9.17, 15) is 0 Å². The smallest absolute Gasteiger partial charge is 0.0717 e. The van der Waals surface area contributed by atoms with Crippen molar-refractivity contribution in [3.8, 4) is 0 Å². The average molecular weight is 405 g/mol. The van der Waals surface area contributed by atoms with Gasteiger partial charge in [0, 0.05) is 54.1 Å².